The number of hydrogen-bond donors (Lipinski definition) is 0. The van der Waals surface area contributed by atoms with Crippen LogP contribution >= 0.6 is 0 Å². The number of anilines is 1. The minimum Gasteiger partial charge on any atom is -0.351 e. The van der Waals surface area contributed by atoms with E-state index in [0.29, 0.717) is 6.54 Å². The van der Waals surface area contributed by atoms with Gasteiger partial charge in [-0.15, -0.1) is 10.2 Å². The van der Waals surface area contributed by atoms with Gasteiger partial charge in [0.05, 0.1) is 18.1 Å². The van der Waals surface area contributed by atoms with Crippen molar-refractivity contribution < 1.29 is 0 Å². The molecule has 0 N–H and O–H groups in total. The quantitative estimate of drug-likeness (QED) is 0.562. The van der Waals surface area contributed by atoms with E-state index < -0.39 is 0 Å². The highest BCUT2D eigenvalue weighted by molar-refractivity contribution is 5.86. The van der Waals surface area contributed by atoms with Crippen LogP contribution in [0, 0.1) is 0 Å². The number of hydrogen-bond acceptors (Lipinski definition) is 6. The second-order valence-electron chi connectivity index (χ2n) is 5.10. The van der Waals surface area contributed by atoms with Crippen LogP contribution in [0.5, 0.6) is 0 Å². The minimum absolute atomic E-state index is 0.589. The van der Waals surface area contributed by atoms with Crippen LogP contribution in [-0.2, 0) is 13.6 Å². The van der Waals surface area contributed by atoms with Gasteiger partial charge in [-0.2, -0.15) is 5.10 Å². The van der Waals surface area contributed by atoms with Crippen molar-refractivity contribution in [3.8, 4) is 0 Å². The maximum absolute atomic E-state index is 4.38. The molecule has 0 unspecified atom stereocenters. The van der Waals surface area contributed by atoms with E-state index in [2.05, 4.69) is 25.3 Å². The fraction of sp³-hybridized carbons (Fsp3) is 0.214. The lowest BCUT2D eigenvalue weighted by molar-refractivity contribution is 0.784. The molecule has 0 saturated heterocycles. The molecule has 0 spiro atoms. The third-order valence-corrected chi connectivity index (χ3v) is 3.63. The zero-order valence-electron chi connectivity index (χ0n) is 12.2. The molecule has 4 rings (SSSR count). The molecule has 0 saturated carbocycles. The fourth-order valence-corrected chi connectivity index (χ4v) is 2.54. The topological polar surface area (TPSA) is 77.0 Å². The first-order valence-corrected chi connectivity index (χ1v) is 6.86. The lowest BCUT2D eigenvalue weighted by atomic mass is 10.3. The minimum atomic E-state index is 0.589. The maximum Gasteiger partial charge on any atom is 0.163 e. The third kappa shape index (κ3) is 1.88. The molecule has 0 fully saturated rings. The summed E-state index contributed by atoms with van der Waals surface area (Å²) in [6, 6.07) is 5.84. The van der Waals surface area contributed by atoms with Crippen molar-refractivity contribution in [2.45, 2.75) is 6.54 Å². The number of nitrogens with zero attached hydrogens (tertiary/aromatic N) is 8. The predicted molar refractivity (Wildman–Crippen MR) is 81.4 cm³/mol. The van der Waals surface area contributed by atoms with Gasteiger partial charge in [-0.25, -0.2) is 9.97 Å². The second kappa shape index (κ2) is 4.76. The Morgan fingerprint density at radius 1 is 1.18 bits per heavy atom. The van der Waals surface area contributed by atoms with Gasteiger partial charge in [-0.3, -0.25) is 9.08 Å². The Labute approximate surface area is 126 Å². The van der Waals surface area contributed by atoms with Crippen LogP contribution in [0.1, 0.15) is 5.82 Å². The van der Waals surface area contributed by atoms with Crippen molar-refractivity contribution in [2.75, 3.05) is 11.9 Å². The van der Waals surface area contributed by atoms with E-state index in [0.717, 1.165) is 28.3 Å². The zero-order valence-corrected chi connectivity index (χ0v) is 12.2. The predicted octanol–water partition coefficient (Wildman–Crippen LogP) is 1.04. The molecule has 8 heteroatoms. The summed E-state index contributed by atoms with van der Waals surface area (Å²) >= 11 is 0. The Bertz CT molecular complexity index is 954. The van der Waals surface area contributed by atoms with Crippen molar-refractivity contribution in [2.24, 2.45) is 7.05 Å². The van der Waals surface area contributed by atoms with E-state index in [1.807, 2.05) is 47.8 Å². The van der Waals surface area contributed by atoms with Crippen LogP contribution in [0.25, 0.3) is 16.7 Å². The highest BCUT2D eigenvalue weighted by Gasteiger charge is 2.14. The molecule has 0 aromatic carbocycles. The molecule has 0 amide bonds. The largest absolute Gasteiger partial charge is 0.351 e. The zero-order chi connectivity index (χ0) is 15.1. The lowest BCUT2D eigenvalue weighted by Gasteiger charge is -2.17. The average molecular weight is 294 g/mol. The Morgan fingerprint density at radius 2 is 2.09 bits per heavy atom. The van der Waals surface area contributed by atoms with Gasteiger partial charge in [0.25, 0.3) is 0 Å². The molecule has 4 aromatic rings. The lowest BCUT2D eigenvalue weighted by Crippen LogP contribution is -2.20. The summed E-state index contributed by atoms with van der Waals surface area (Å²) in [5.74, 6) is 1.68. The summed E-state index contributed by atoms with van der Waals surface area (Å²) in [6.07, 6.45) is 5.29. The molecular weight excluding hydrogens is 280 g/mol. The highest BCUT2D eigenvalue weighted by Crippen LogP contribution is 2.22. The Balaban J connectivity index is 1.73. The fourth-order valence-electron chi connectivity index (χ4n) is 2.54. The molecule has 22 heavy (non-hydrogen) atoms. The molecule has 0 bridgehead atoms. The summed E-state index contributed by atoms with van der Waals surface area (Å²) in [7, 11) is 3.84. The molecular formula is C14H14N8. The van der Waals surface area contributed by atoms with Crippen molar-refractivity contribution >= 4 is 22.5 Å². The monoisotopic (exact) mass is 294 g/mol. The Morgan fingerprint density at radius 3 is 3.00 bits per heavy atom. The molecule has 8 nitrogen and oxygen atoms in total. The number of pyridine rings is 1. The number of rotatable bonds is 3. The first kappa shape index (κ1) is 12.7. The van der Waals surface area contributed by atoms with Gasteiger partial charge in [0.2, 0.25) is 0 Å². The molecule has 0 aliphatic rings. The number of fused-ring (bicyclic) bond motifs is 2. The van der Waals surface area contributed by atoms with Crippen LogP contribution < -0.4 is 4.90 Å². The van der Waals surface area contributed by atoms with Gasteiger partial charge in [-0.05, 0) is 12.1 Å². The maximum atomic E-state index is 4.38. The highest BCUT2D eigenvalue weighted by atomic mass is 15.3. The molecule has 0 aliphatic heterocycles. The Hall–Kier alpha value is -3.03. The first-order valence-electron chi connectivity index (χ1n) is 6.86. The van der Waals surface area contributed by atoms with E-state index in [1.54, 1.807) is 17.2 Å². The summed E-state index contributed by atoms with van der Waals surface area (Å²) in [5, 5.41) is 13.6. The molecule has 0 aliphatic carbocycles. The summed E-state index contributed by atoms with van der Waals surface area (Å²) in [6.45, 7) is 0.589. The van der Waals surface area contributed by atoms with Crippen LogP contribution in [0.3, 0.4) is 0 Å². The van der Waals surface area contributed by atoms with Gasteiger partial charge in [0.1, 0.15) is 12.1 Å². The van der Waals surface area contributed by atoms with Crippen LogP contribution in [-0.4, -0.2) is 41.4 Å². The number of aromatic nitrogens is 7. The SMILES string of the molecule is CN(Cc1nnc2ccccn12)c1ncnc2c1cnn2C. The van der Waals surface area contributed by atoms with Crippen LogP contribution in [0.4, 0.5) is 5.82 Å². The number of aryl methyl sites for hydroxylation is 1. The molecule has 4 heterocycles. The van der Waals surface area contributed by atoms with Gasteiger partial charge >= 0.3 is 0 Å². The van der Waals surface area contributed by atoms with E-state index in [-0.39, 0.29) is 0 Å². The van der Waals surface area contributed by atoms with E-state index in [9.17, 15) is 0 Å². The smallest absolute Gasteiger partial charge is 0.163 e. The third-order valence-electron chi connectivity index (χ3n) is 3.63. The van der Waals surface area contributed by atoms with Crippen LogP contribution in [0.15, 0.2) is 36.9 Å². The molecule has 4 aromatic heterocycles. The first-order chi connectivity index (χ1) is 10.7. The van der Waals surface area contributed by atoms with Crippen molar-refractivity contribution in [1.29, 1.82) is 0 Å². The van der Waals surface area contributed by atoms with Crippen LogP contribution in [0.2, 0.25) is 0 Å². The van der Waals surface area contributed by atoms with Gasteiger partial charge in [0.15, 0.2) is 17.1 Å². The average Bonchev–Trinajstić information content (AvgIpc) is 3.12. The van der Waals surface area contributed by atoms with Crippen molar-refractivity contribution in [1.82, 2.24) is 34.3 Å². The van der Waals surface area contributed by atoms with Gasteiger partial charge < -0.3 is 4.90 Å². The van der Waals surface area contributed by atoms with E-state index in [1.165, 1.54) is 0 Å². The standard InChI is InChI=1S/C14H14N8/c1-20(8-12-19-18-11-5-3-4-6-22(11)12)13-10-7-17-21(2)14(10)16-9-15-13/h3-7,9H,8H2,1-2H3. The molecule has 0 atom stereocenters. The van der Waals surface area contributed by atoms with Gasteiger partial charge in [0, 0.05) is 20.3 Å². The summed E-state index contributed by atoms with van der Waals surface area (Å²) in [4.78, 5) is 10.7. The summed E-state index contributed by atoms with van der Waals surface area (Å²) < 4.78 is 3.71. The van der Waals surface area contributed by atoms with E-state index in [4.69, 9.17) is 0 Å². The Kier molecular flexibility index (Phi) is 2.75. The van der Waals surface area contributed by atoms with Crippen molar-refractivity contribution in [3.63, 3.8) is 0 Å². The van der Waals surface area contributed by atoms with Crippen molar-refractivity contribution in [3.05, 3.63) is 42.7 Å². The molecule has 0 radical (unpaired) electrons. The summed E-state index contributed by atoms with van der Waals surface area (Å²) in [5.41, 5.74) is 1.64. The van der Waals surface area contributed by atoms with E-state index >= 15 is 0 Å². The normalized spacial score (nSPS) is 11.4. The van der Waals surface area contributed by atoms with Gasteiger partial charge in [-0.1, -0.05) is 6.07 Å². The molecule has 110 valence electrons. The second-order valence-corrected chi connectivity index (χ2v) is 5.10.